The van der Waals surface area contributed by atoms with Gasteiger partial charge in [0.15, 0.2) is 0 Å². The molecule has 2 aliphatic carbocycles. The monoisotopic (exact) mass is 381 g/mol. The zero-order valence-electron chi connectivity index (χ0n) is 18.1. The Morgan fingerprint density at radius 3 is 2.29 bits per heavy atom. The molecule has 4 heteroatoms. The standard InChI is InChI=1S/C24H35N3O/c1-16-10-18-11-17(2)13-24(12-16,14-18)25-15-21-26-22(27-28-21)19-6-8-20(9-7-19)23(3,4)5/h6-9,16-18,25H,10-15H2,1-5H3. The van der Waals surface area contributed by atoms with Crippen molar-refractivity contribution in [2.45, 2.75) is 84.2 Å². The maximum absolute atomic E-state index is 5.57. The lowest BCUT2D eigenvalue weighted by atomic mass is 9.61. The highest BCUT2D eigenvalue weighted by Crippen LogP contribution is 2.47. The molecule has 4 rings (SSSR count). The Bertz CT molecular complexity index is 782. The zero-order chi connectivity index (χ0) is 19.9. The minimum Gasteiger partial charge on any atom is -0.338 e. The summed E-state index contributed by atoms with van der Waals surface area (Å²) in [7, 11) is 0. The van der Waals surface area contributed by atoms with E-state index in [1.807, 2.05) is 0 Å². The molecule has 1 N–H and O–H groups in total. The molecule has 28 heavy (non-hydrogen) atoms. The van der Waals surface area contributed by atoms with Crippen LogP contribution in [-0.4, -0.2) is 15.7 Å². The number of nitrogens with one attached hydrogen (secondary N) is 1. The van der Waals surface area contributed by atoms with E-state index in [9.17, 15) is 0 Å². The molecular weight excluding hydrogens is 346 g/mol. The predicted molar refractivity (Wildman–Crippen MR) is 113 cm³/mol. The maximum atomic E-state index is 5.57. The second-order valence-electron chi connectivity index (χ2n) is 10.6. The van der Waals surface area contributed by atoms with Crippen molar-refractivity contribution in [2.75, 3.05) is 0 Å². The third kappa shape index (κ3) is 4.17. The third-order valence-electron chi connectivity index (χ3n) is 6.72. The van der Waals surface area contributed by atoms with Crippen molar-refractivity contribution in [3.63, 3.8) is 0 Å². The Hall–Kier alpha value is -1.68. The van der Waals surface area contributed by atoms with E-state index in [0.29, 0.717) is 18.3 Å². The van der Waals surface area contributed by atoms with E-state index in [4.69, 9.17) is 4.52 Å². The quantitative estimate of drug-likeness (QED) is 0.735. The number of benzene rings is 1. The lowest BCUT2D eigenvalue weighted by molar-refractivity contribution is 0.0521. The van der Waals surface area contributed by atoms with E-state index in [0.717, 1.165) is 23.3 Å². The molecule has 152 valence electrons. The van der Waals surface area contributed by atoms with Crippen LogP contribution >= 0.6 is 0 Å². The Labute approximate surface area is 169 Å². The molecule has 1 heterocycles. The van der Waals surface area contributed by atoms with Gasteiger partial charge in [-0.25, -0.2) is 0 Å². The first kappa shape index (κ1) is 19.6. The highest BCUT2D eigenvalue weighted by Gasteiger charge is 2.43. The van der Waals surface area contributed by atoms with E-state index >= 15 is 0 Å². The Kier molecular flexibility index (Phi) is 5.11. The summed E-state index contributed by atoms with van der Waals surface area (Å²) < 4.78 is 5.57. The Morgan fingerprint density at radius 2 is 1.68 bits per heavy atom. The molecule has 1 aromatic heterocycles. The number of hydrogen-bond acceptors (Lipinski definition) is 4. The third-order valence-corrected chi connectivity index (χ3v) is 6.72. The van der Waals surface area contributed by atoms with Crippen LogP contribution in [0.15, 0.2) is 28.8 Å². The number of hydrogen-bond donors (Lipinski definition) is 1. The summed E-state index contributed by atoms with van der Waals surface area (Å²) in [5.74, 6) is 3.86. The number of rotatable bonds is 4. The largest absolute Gasteiger partial charge is 0.338 e. The van der Waals surface area contributed by atoms with Crippen LogP contribution in [-0.2, 0) is 12.0 Å². The van der Waals surface area contributed by atoms with E-state index in [1.54, 1.807) is 0 Å². The van der Waals surface area contributed by atoms with Crippen molar-refractivity contribution in [1.82, 2.24) is 15.5 Å². The van der Waals surface area contributed by atoms with Gasteiger partial charge in [-0.1, -0.05) is 64.0 Å². The first-order valence-electron chi connectivity index (χ1n) is 10.9. The predicted octanol–water partition coefficient (Wildman–Crippen LogP) is 5.73. The summed E-state index contributed by atoms with van der Waals surface area (Å²) in [5, 5.41) is 8.06. The van der Waals surface area contributed by atoms with Gasteiger partial charge in [-0.2, -0.15) is 4.98 Å². The molecular formula is C24H35N3O. The smallest absolute Gasteiger partial charge is 0.240 e. The number of aromatic nitrogens is 2. The van der Waals surface area contributed by atoms with E-state index < -0.39 is 0 Å². The van der Waals surface area contributed by atoms with E-state index in [-0.39, 0.29) is 11.0 Å². The van der Waals surface area contributed by atoms with E-state index in [1.165, 1.54) is 37.7 Å². The average Bonchev–Trinajstić information content (AvgIpc) is 3.07. The highest BCUT2D eigenvalue weighted by molar-refractivity contribution is 5.55. The summed E-state index contributed by atoms with van der Waals surface area (Å²) >= 11 is 0. The second kappa shape index (κ2) is 7.29. The van der Waals surface area contributed by atoms with Gasteiger partial charge in [-0.15, -0.1) is 0 Å². The van der Waals surface area contributed by atoms with Crippen molar-refractivity contribution >= 4 is 0 Å². The lowest BCUT2D eigenvalue weighted by Gasteiger charge is -2.50. The Morgan fingerprint density at radius 1 is 1.04 bits per heavy atom. The first-order chi connectivity index (χ1) is 13.2. The summed E-state index contributed by atoms with van der Waals surface area (Å²) in [6.07, 6.45) is 6.62. The van der Waals surface area contributed by atoms with Crippen molar-refractivity contribution < 1.29 is 4.52 Å². The van der Waals surface area contributed by atoms with Gasteiger partial charge in [0.25, 0.3) is 0 Å². The lowest BCUT2D eigenvalue weighted by Crippen LogP contribution is -2.54. The molecule has 0 spiro atoms. The van der Waals surface area contributed by atoms with Gasteiger partial charge < -0.3 is 9.84 Å². The molecule has 2 saturated carbocycles. The maximum Gasteiger partial charge on any atom is 0.240 e. The zero-order valence-corrected chi connectivity index (χ0v) is 18.1. The van der Waals surface area contributed by atoms with Crippen LogP contribution in [0.1, 0.15) is 78.2 Å². The van der Waals surface area contributed by atoms with Crippen LogP contribution < -0.4 is 5.32 Å². The minimum atomic E-state index is 0.149. The van der Waals surface area contributed by atoms with Crippen LogP contribution in [0.2, 0.25) is 0 Å². The summed E-state index contributed by atoms with van der Waals surface area (Å²) in [6, 6.07) is 8.51. The molecule has 1 aromatic carbocycles. The second-order valence-corrected chi connectivity index (χ2v) is 10.6. The summed E-state index contributed by atoms with van der Waals surface area (Å²) in [4.78, 5) is 4.66. The molecule has 2 bridgehead atoms. The van der Waals surface area contributed by atoms with Crippen LogP contribution in [0, 0.1) is 17.8 Å². The fourth-order valence-corrected chi connectivity index (χ4v) is 5.75. The van der Waals surface area contributed by atoms with Crippen LogP contribution in [0.3, 0.4) is 0 Å². The molecule has 2 aromatic rings. The van der Waals surface area contributed by atoms with Gasteiger partial charge in [0, 0.05) is 11.1 Å². The molecule has 2 atom stereocenters. The molecule has 2 unspecified atom stereocenters. The number of fused-ring (bicyclic) bond motifs is 2. The molecule has 0 saturated heterocycles. The fraction of sp³-hybridized carbons (Fsp3) is 0.667. The summed E-state index contributed by atoms with van der Waals surface area (Å²) in [6.45, 7) is 12.2. The van der Waals surface area contributed by atoms with Gasteiger partial charge in [0.05, 0.1) is 6.54 Å². The minimum absolute atomic E-state index is 0.149. The number of nitrogens with zero attached hydrogens (tertiary/aromatic N) is 2. The van der Waals surface area contributed by atoms with Crippen molar-refractivity contribution in [3.05, 3.63) is 35.7 Å². The van der Waals surface area contributed by atoms with E-state index in [2.05, 4.69) is 74.3 Å². The van der Waals surface area contributed by atoms with Crippen molar-refractivity contribution in [1.29, 1.82) is 0 Å². The molecule has 2 aliphatic rings. The molecule has 2 fully saturated rings. The van der Waals surface area contributed by atoms with Crippen molar-refractivity contribution in [3.8, 4) is 11.4 Å². The van der Waals surface area contributed by atoms with Gasteiger partial charge in [-0.3, -0.25) is 0 Å². The summed E-state index contributed by atoms with van der Waals surface area (Å²) in [5.41, 5.74) is 2.73. The fourth-order valence-electron chi connectivity index (χ4n) is 5.75. The van der Waals surface area contributed by atoms with Gasteiger partial charge in [-0.05, 0) is 60.8 Å². The molecule has 0 radical (unpaired) electrons. The van der Waals surface area contributed by atoms with Gasteiger partial charge in [0.1, 0.15) is 0 Å². The normalized spacial score (nSPS) is 30.4. The highest BCUT2D eigenvalue weighted by atomic mass is 16.5. The Balaban J connectivity index is 1.44. The molecule has 4 nitrogen and oxygen atoms in total. The average molecular weight is 382 g/mol. The SMILES string of the molecule is CC1CC2CC(C)CC(NCc3nc(-c4ccc(C(C)(C)C)cc4)no3)(C1)C2. The topological polar surface area (TPSA) is 51.0 Å². The molecule has 0 aliphatic heterocycles. The van der Waals surface area contributed by atoms with Gasteiger partial charge >= 0.3 is 0 Å². The van der Waals surface area contributed by atoms with Gasteiger partial charge in [0.2, 0.25) is 11.7 Å². The molecule has 0 amide bonds. The first-order valence-corrected chi connectivity index (χ1v) is 10.9. The van der Waals surface area contributed by atoms with Crippen LogP contribution in [0.4, 0.5) is 0 Å². The van der Waals surface area contributed by atoms with Crippen molar-refractivity contribution in [2.24, 2.45) is 17.8 Å². The van der Waals surface area contributed by atoms with Crippen LogP contribution in [0.5, 0.6) is 0 Å². The van der Waals surface area contributed by atoms with Crippen LogP contribution in [0.25, 0.3) is 11.4 Å².